The number of anilines is 1. The number of benzene rings is 1. The van der Waals surface area contributed by atoms with E-state index in [0.29, 0.717) is 18.1 Å². The van der Waals surface area contributed by atoms with Gasteiger partial charge >= 0.3 is 0 Å². The molecule has 2 heterocycles. The minimum absolute atomic E-state index is 0.105. The number of aliphatic hydroxyl groups excluding tert-OH is 1. The Hall–Kier alpha value is -0.580. The first-order chi connectivity index (χ1) is 10.0. The number of hydrogen-bond donors (Lipinski definition) is 2. The van der Waals surface area contributed by atoms with Crippen molar-refractivity contribution < 1.29 is 5.11 Å². The molecule has 4 heteroatoms. The van der Waals surface area contributed by atoms with Gasteiger partial charge in [-0.2, -0.15) is 0 Å². The van der Waals surface area contributed by atoms with Gasteiger partial charge in [-0.1, -0.05) is 29.8 Å². The van der Waals surface area contributed by atoms with E-state index in [1.54, 1.807) is 0 Å². The zero-order chi connectivity index (χ0) is 15.0. The lowest BCUT2D eigenvalue weighted by molar-refractivity contribution is 0.126. The van der Waals surface area contributed by atoms with E-state index >= 15 is 0 Å². The van der Waals surface area contributed by atoms with E-state index in [2.05, 4.69) is 58.2 Å². The molecule has 0 aliphatic carbocycles. The summed E-state index contributed by atoms with van der Waals surface area (Å²) in [5, 5.41) is 13.5. The van der Waals surface area contributed by atoms with Crippen molar-refractivity contribution in [1.82, 2.24) is 5.32 Å². The average Bonchev–Trinajstić information content (AvgIpc) is 2.68. The van der Waals surface area contributed by atoms with Crippen molar-refractivity contribution >= 4 is 21.6 Å². The molecule has 0 saturated carbocycles. The molecule has 0 spiro atoms. The highest BCUT2D eigenvalue weighted by molar-refractivity contribution is 9.10. The summed E-state index contributed by atoms with van der Waals surface area (Å²) in [5.74, 6) is 0. The summed E-state index contributed by atoms with van der Waals surface area (Å²) < 4.78 is 1.14. The van der Waals surface area contributed by atoms with Crippen LogP contribution in [0.5, 0.6) is 0 Å². The van der Waals surface area contributed by atoms with Crippen LogP contribution in [0.15, 0.2) is 22.7 Å². The number of piperidine rings is 1. The minimum Gasteiger partial charge on any atom is -0.393 e. The molecule has 2 N–H and O–H groups in total. The highest BCUT2D eigenvalue weighted by Gasteiger charge is 2.40. The lowest BCUT2D eigenvalue weighted by Gasteiger charge is -2.40. The molecule has 2 bridgehead atoms. The Bertz CT molecular complexity index is 492. The topological polar surface area (TPSA) is 35.5 Å². The first kappa shape index (κ1) is 15.3. The van der Waals surface area contributed by atoms with Gasteiger partial charge in [0, 0.05) is 34.8 Å². The van der Waals surface area contributed by atoms with Gasteiger partial charge in [0.2, 0.25) is 0 Å². The Morgan fingerprint density at radius 1 is 1.29 bits per heavy atom. The van der Waals surface area contributed by atoms with Gasteiger partial charge in [-0.3, -0.25) is 0 Å². The zero-order valence-electron chi connectivity index (χ0n) is 12.8. The maximum atomic E-state index is 10.00. The SMILES string of the molecule is CC(C)NCc1cc(Br)ccc1N1C2CCC1CC(O)C2. The smallest absolute Gasteiger partial charge is 0.0579 e. The first-order valence-corrected chi connectivity index (χ1v) is 8.82. The molecule has 3 rings (SSSR count). The Balaban J connectivity index is 1.87. The molecular formula is C17H25BrN2O. The predicted octanol–water partition coefficient (Wildman–Crippen LogP) is 3.44. The Morgan fingerprint density at radius 3 is 2.57 bits per heavy atom. The number of hydrogen-bond acceptors (Lipinski definition) is 3. The van der Waals surface area contributed by atoms with Crippen LogP contribution in [-0.4, -0.2) is 29.3 Å². The molecule has 0 aromatic heterocycles. The molecule has 0 radical (unpaired) electrons. The molecule has 21 heavy (non-hydrogen) atoms. The van der Waals surface area contributed by atoms with Crippen molar-refractivity contribution in [2.24, 2.45) is 0 Å². The fourth-order valence-electron chi connectivity index (χ4n) is 3.80. The number of halogens is 1. The van der Waals surface area contributed by atoms with Crippen LogP contribution in [0.3, 0.4) is 0 Å². The van der Waals surface area contributed by atoms with Gasteiger partial charge in [-0.25, -0.2) is 0 Å². The third kappa shape index (κ3) is 3.27. The maximum absolute atomic E-state index is 10.00. The molecule has 1 aromatic carbocycles. The number of rotatable bonds is 4. The Kier molecular flexibility index (Phi) is 4.57. The number of nitrogens with zero attached hydrogens (tertiary/aromatic N) is 1. The average molecular weight is 353 g/mol. The van der Waals surface area contributed by atoms with Gasteiger partial charge < -0.3 is 15.3 Å². The minimum atomic E-state index is -0.105. The summed E-state index contributed by atoms with van der Waals surface area (Å²) in [6.07, 6.45) is 4.17. The lowest BCUT2D eigenvalue weighted by atomic mass is 9.97. The second-order valence-corrected chi connectivity index (χ2v) is 7.64. The normalized spacial score (nSPS) is 28.4. The second kappa shape index (κ2) is 6.27. The van der Waals surface area contributed by atoms with Gasteiger partial charge in [0.25, 0.3) is 0 Å². The number of aliphatic hydroxyl groups is 1. The molecule has 116 valence electrons. The van der Waals surface area contributed by atoms with Crippen LogP contribution < -0.4 is 10.2 Å². The van der Waals surface area contributed by atoms with Crippen molar-refractivity contribution in [1.29, 1.82) is 0 Å². The van der Waals surface area contributed by atoms with E-state index in [9.17, 15) is 5.11 Å². The number of fused-ring (bicyclic) bond motifs is 2. The molecule has 0 amide bonds. The lowest BCUT2D eigenvalue weighted by Crippen LogP contribution is -2.45. The standard InChI is InChI=1S/C17H25BrN2O/c1-11(2)19-10-12-7-13(18)3-6-17(12)20-14-4-5-15(20)9-16(21)8-14/h3,6-7,11,14-16,19,21H,4-5,8-10H2,1-2H3. The van der Waals surface area contributed by atoms with E-state index in [1.807, 2.05) is 0 Å². The Morgan fingerprint density at radius 2 is 1.95 bits per heavy atom. The summed E-state index contributed by atoms with van der Waals surface area (Å²) in [7, 11) is 0. The summed E-state index contributed by atoms with van der Waals surface area (Å²) in [6, 6.07) is 8.12. The zero-order valence-corrected chi connectivity index (χ0v) is 14.4. The van der Waals surface area contributed by atoms with E-state index in [1.165, 1.54) is 24.1 Å². The van der Waals surface area contributed by atoms with Gasteiger partial charge in [-0.15, -0.1) is 0 Å². The largest absolute Gasteiger partial charge is 0.393 e. The van der Waals surface area contributed by atoms with Crippen LogP contribution in [0.2, 0.25) is 0 Å². The van der Waals surface area contributed by atoms with Crippen LogP contribution in [0.25, 0.3) is 0 Å². The monoisotopic (exact) mass is 352 g/mol. The summed E-state index contributed by atoms with van der Waals surface area (Å²) in [6.45, 7) is 5.25. The molecular weight excluding hydrogens is 328 g/mol. The van der Waals surface area contributed by atoms with Crippen LogP contribution in [0, 0.1) is 0 Å². The molecule has 2 aliphatic rings. The summed E-state index contributed by atoms with van der Waals surface area (Å²) in [4.78, 5) is 2.58. The fourth-order valence-corrected chi connectivity index (χ4v) is 4.21. The van der Waals surface area contributed by atoms with Gasteiger partial charge in [0.05, 0.1) is 6.10 Å². The third-order valence-corrected chi connectivity index (χ3v) is 5.22. The molecule has 3 nitrogen and oxygen atoms in total. The van der Waals surface area contributed by atoms with Gasteiger partial charge in [0.1, 0.15) is 0 Å². The van der Waals surface area contributed by atoms with E-state index in [-0.39, 0.29) is 6.10 Å². The van der Waals surface area contributed by atoms with Crippen molar-refractivity contribution in [3.63, 3.8) is 0 Å². The van der Waals surface area contributed by atoms with Crippen LogP contribution in [0.1, 0.15) is 45.1 Å². The van der Waals surface area contributed by atoms with E-state index in [0.717, 1.165) is 23.9 Å². The highest BCUT2D eigenvalue weighted by atomic mass is 79.9. The maximum Gasteiger partial charge on any atom is 0.0579 e. The second-order valence-electron chi connectivity index (χ2n) is 6.73. The van der Waals surface area contributed by atoms with E-state index in [4.69, 9.17) is 0 Å². The molecule has 2 unspecified atom stereocenters. The number of nitrogens with one attached hydrogen (secondary N) is 1. The molecule has 2 saturated heterocycles. The van der Waals surface area contributed by atoms with Crippen LogP contribution in [-0.2, 0) is 6.54 Å². The fraction of sp³-hybridized carbons (Fsp3) is 0.647. The predicted molar refractivity (Wildman–Crippen MR) is 90.6 cm³/mol. The first-order valence-electron chi connectivity index (χ1n) is 8.03. The summed E-state index contributed by atoms with van der Waals surface area (Å²) in [5.41, 5.74) is 2.71. The molecule has 2 fully saturated rings. The molecule has 1 aromatic rings. The quantitative estimate of drug-likeness (QED) is 0.871. The Labute approximate surface area is 135 Å². The van der Waals surface area contributed by atoms with Crippen molar-refractivity contribution in [2.45, 2.75) is 70.3 Å². The van der Waals surface area contributed by atoms with Crippen molar-refractivity contribution in [2.75, 3.05) is 4.90 Å². The van der Waals surface area contributed by atoms with Crippen molar-refractivity contribution in [3.8, 4) is 0 Å². The summed E-state index contributed by atoms with van der Waals surface area (Å²) >= 11 is 3.60. The van der Waals surface area contributed by atoms with E-state index < -0.39 is 0 Å². The van der Waals surface area contributed by atoms with Crippen LogP contribution in [0.4, 0.5) is 5.69 Å². The highest BCUT2D eigenvalue weighted by Crippen LogP contribution is 2.41. The van der Waals surface area contributed by atoms with Crippen molar-refractivity contribution in [3.05, 3.63) is 28.2 Å². The van der Waals surface area contributed by atoms with Gasteiger partial charge in [-0.05, 0) is 49.4 Å². The van der Waals surface area contributed by atoms with Crippen LogP contribution >= 0.6 is 15.9 Å². The van der Waals surface area contributed by atoms with Gasteiger partial charge in [0.15, 0.2) is 0 Å². The third-order valence-electron chi connectivity index (χ3n) is 4.73. The molecule has 2 atom stereocenters. The molecule has 2 aliphatic heterocycles.